The summed E-state index contributed by atoms with van der Waals surface area (Å²) < 4.78 is 1.70. The fraction of sp³-hybridized carbons (Fsp3) is 0.250. The van der Waals surface area contributed by atoms with E-state index in [1.54, 1.807) is 4.57 Å². The minimum Gasteiger partial charge on any atom is -0.268 e. The smallest absolute Gasteiger partial charge is 0.266 e. The van der Waals surface area contributed by atoms with Crippen LogP contribution in [0.2, 0.25) is 0 Å². The Kier molecular flexibility index (Phi) is 5.20. The first kappa shape index (κ1) is 17.2. The van der Waals surface area contributed by atoms with Crippen molar-refractivity contribution in [2.45, 2.75) is 31.8 Å². The molecule has 126 valence electrons. The van der Waals surface area contributed by atoms with Crippen molar-refractivity contribution in [3.05, 3.63) is 63.9 Å². The van der Waals surface area contributed by atoms with Gasteiger partial charge in [-0.2, -0.15) is 5.26 Å². The van der Waals surface area contributed by atoms with Gasteiger partial charge in [0.1, 0.15) is 0 Å². The van der Waals surface area contributed by atoms with Crippen LogP contribution in [0.1, 0.15) is 24.0 Å². The molecule has 0 atom stereocenters. The second kappa shape index (κ2) is 7.54. The summed E-state index contributed by atoms with van der Waals surface area (Å²) in [6.07, 6.45) is 1.28. The number of fused-ring (bicyclic) bond motifs is 1. The number of nitrogens with zero attached hydrogens (tertiary/aromatic N) is 3. The molecule has 1 aromatic heterocycles. The highest BCUT2D eigenvalue weighted by molar-refractivity contribution is 7.99. The maximum atomic E-state index is 13.1. The van der Waals surface area contributed by atoms with Crippen LogP contribution in [0.15, 0.2) is 52.4 Å². The third-order valence-electron chi connectivity index (χ3n) is 4.00. The first-order valence-corrected chi connectivity index (χ1v) is 9.19. The molecule has 3 rings (SSSR count). The fourth-order valence-corrected chi connectivity index (χ4v) is 3.74. The number of aryl methyl sites for hydroxylation is 2. The molecule has 0 radical (unpaired) electrons. The summed E-state index contributed by atoms with van der Waals surface area (Å²) >= 11 is 1.52. The van der Waals surface area contributed by atoms with Crippen LogP contribution in [0.3, 0.4) is 0 Å². The molecule has 5 heteroatoms. The van der Waals surface area contributed by atoms with Gasteiger partial charge in [-0.3, -0.25) is 9.36 Å². The lowest BCUT2D eigenvalue weighted by Gasteiger charge is -2.15. The summed E-state index contributed by atoms with van der Waals surface area (Å²) in [5.74, 6) is 0.753. The largest absolute Gasteiger partial charge is 0.268 e. The maximum Gasteiger partial charge on any atom is 0.266 e. The number of aromatic nitrogens is 2. The van der Waals surface area contributed by atoms with Gasteiger partial charge in [0.05, 0.1) is 22.7 Å². The molecule has 4 nitrogen and oxygen atoms in total. The van der Waals surface area contributed by atoms with E-state index in [2.05, 4.69) is 12.1 Å². The fourth-order valence-electron chi connectivity index (χ4n) is 2.79. The van der Waals surface area contributed by atoms with Crippen LogP contribution in [-0.4, -0.2) is 15.3 Å². The number of hydrogen-bond acceptors (Lipinski definition) is 4. The molecule has 0 amide bonds. The lowest BCUT2D eigenvalue weighted by atomic mass is 10.1. The Hall–Kier alpha value is -2.58. The van der Waals surface area contributed by atoms with Crippen LogP contribution in [0.4, 0.5) is 0 Å². The highest BCUT2D eigenvalue weighted by Gasteiger charge is 2.14. The van der Waals surface area contributed by atoms with E-state index < -0.39 is 0 Å². The molecular formula is C20H19N3OS. The van der Waals surface area contributed by atoms with Gasteiger partial charge in [-0.05, 0) is 44.0 Å². The molecule has 1 heterocycles. The van der Waals surface area contributed by atoms with Crippen LogP contribution in [0, 0.1) is 25.2 Å². The number of nitriles is 1. The Bertz CT molecular complexity index is 1020. The van der Waals surface area contributed by atoms with Gasteiger partial charge in [-0.25, -0.2) is 4.98 Å². The summed E-state index contributed by atoms with van der Waals surface area (Å²) in [6.45, 7) is 4.05. The molecule has 25 heavy (non-hydrogen) atoms. The van der Waals surface area contributed by atoms with E-state index in [9.17, 15) is 4.79 Å². The second-order valence-corrected chi connectivity index (χ2v) is 7.01. The summed E-state index contributed by atoms with van der Waals surface area (Å²) in [4.78, 5) is 17.8. The highest BCUT2D eigenvalue weighted by Crippen LogP contribution is 2.24. The lowest BCUT2D eigenvalue weighted by Crippen LogP contribution is -2.22. The van der Waals surface area contributed by atoms with Gasteiger partial charge in [0.25, 0.3) is 5.56 Å². The maximum absolute atomic E-state index is 13.1. The topological polar surface area (TPSA) is 58.7 Å². The standard InChI is InChI=1S/C20H19N3OS/c1-14-9-10-18(15(2)13-14)23-19(24)16-7-3-4-8-17(16)22-20(23)25-12-6-5-11-21/h3-4,7-10,13H,5-6,12H2,1-2H3. The van der Waals surface area contributed by atoms with Gasteiger partial charge < -0.3 is 0 Å². The van der Waals surface area contributed by atoms with Gasteiger partial charge in [0, 0.05) is 12.2 Å². The quantitative estimate of drug-likeness (QED) is 0.389. The van der Waals surface area contributed by atoms with Crippen molar-refractivity contribution in [3.63, 3.8) is 0 Å². The summed E-state index contributed by atoms with van der Waals surface area (Å²) in [7, 11) is 0. The Morgan fingerprint density at radius 1 is 1.20 bits per heavy atom. The third kappa shape index (κ3) is 3.59. The van der Waals surface area contributed by atoms with Crippen molar-refractivity contribution in [3.8, 4) is 11.8 Å². The molecule has 0 bridgehead atoms. The molecular weight excluding hydrogens is 330 g/mol. The number of unbranched alkanes of at least 4 members (excludes halogenated alkanes) is 1. The Balaban J connectivity index is 2.18. The van der Waals surface area contributed by atoms with Gasteiger partial charge in [0.15, 0.2) is 5.16 Å². The highest BCUT2D eigenvalue weighted by atomic mass is 32.2. The minimum atomic E-state index is -0.0552. The Morgan fingerprint density at radius 3 is 2.76 bits per heavy atom. The molecule has 0 aliphatic heterocycles. The average Bonchev–Trinajstić information content (AvgIpc) is 2.60. The molecule has 0 aliphatic carbocycles. The normalized spacial score (nSPS) is 10.8. The molecule has 3 aromatic rings. The van der Waals surface area contributed by atoms with E-state index in [1.165, 1.54) is 11.8 Å². The zero-order chi connectivity index (χ0) is 17.8. The molecule has 2 aromatic carbocycles. The van der Waals surface area contributed by atoms with Crippen LogP contribution < -0.4 is 5.56 Å². The first-order chi connectivity index (χ1) is 12.1. The number of thioether (sulfide) groups is 1. The monoisotopic (exact) mass is 349 g/mol. The van der Waals surface area contributed by atoms with Crippen molar-refractivity contribution in [1.29, 1.82) is 5.26 Å². The molecule has 0 unspecified atom stereocenters. The molecule has 0 saturated heterocycles. The van der Waals surface area contributed by atoms with Gasteiger partial charge in [-0.1, -0.05) is 41.6 Å². The first-order valence-electron chi connectivity index (χ1n) is 8.21. The van der Waals surface area contributed by atoms with Gasteiger partial charge >= 0.3 is 0 Å². The number of hydrogen-bond donors (Lipinski definition) is 0. The Labute approximate surface area is 151 Å². The SMILES string of the molecule is Cc1ccc(-n2c(SCCCC#N)nc3ccccc3c2=O)c(C)c1. The molecule has 0 aliphatic rings. The predicted molar refractivity (Wildman–Crippen MR) is 102 cm³/mol. The van der Waals surface area contributed by atoms with Gasteiger partial charge in [-0.15, -0.1) is 0 Å². The van der Waals surface area contributed by atoms with E-state index in [1.807, 2.05) is 50.2 Å². The average molecular weight is 349 g/mol. The van der Waals surface area contributed by atoms with Crippen LogP contribution in [-0.2, 0) is 0 Å². The van der Waals surface area contributed by atoms with E-state index in [4.69, 9.17) is 10.2 Å². The third-order valence-corrected chi connectivity index (χ3v) is 5.03. The van der Waals surface area contributed by atoms with Crippen molar-refractivity contribution < 1.29 is 0 Å². The van der Waals surface area contributed by atoms with Crippen LogP contribution >= 0.6 is 11.8 Å². The van der Waals surface area contributed by atoms with Crippen LogP contribution in [0.5, 0.6) is 0 Å². The van der Waals surface area contributed by atoms with Crippen LogP contribution in [0.25, 0.3) is 16.6 Å². The molecule has 0 fully saturated rings. The van der Waals surface area contributed by atoms with E-state index in [0.29, 0.717) is 22.5 Å². The van der Waals surface area contributed by atoms with Crippen molar-refractivity contribution >= 4 is 22.7 Å². The number of para-hydroxylation sites is 1. The number of rotatable bonds is 5. The minimum absolute atomic E-state index is 0.0552. The lowest BCUT2D eigenvalue weighted by molar-refractivity contribution is 0.811. The Morgan fingerprint density at radius 2 is 2.00 bits per heavy atom. The van der Waals surface area contributed by atoms with Crippen molar-refractivity contribution in [1.82, 2.24) is 9.55 Å². The zero-order valence-electron chi connectivity index (χ0n) is 14.3. The molecule has 0 saturated carbocycles. The zero-order valence-corrected chi connectivity index (χ0v) is 15.1. The van der Waals surface area contributed by atoms with Crippen molar-refractivity contribution in [2.75, 3.05) is 5.75 Å². The second-order valence-electron chi connectivity index (χ2n) is 5.95. The summed E-state index contributed by atoms with van der Waals surface area (Å²) in [5, 5.41) is 10.0. The van der Waals surface area contributed by atoms with Gasteiger partial charge in [0.2, 0.25) is 0 Å². The predicted octanol–water partition coefficient (Wildman–Crippen LogP) is 4.40. The molecule has 0 spiro atoms. The van der Waals surface area contributed by atoms with E-state index in [0.717, 1.165) is 29.0 Å². The number of benzene rings is 2. The van der Waals surface area contributed by atoms with E-state index in [-0.39, 0.29) is 5.56 Å². The molecule has 0 N–H and O–H groups in total. The van der Waals surface area contributed by atoms with Crippen molar-refractivity contribution in [2.24, 2.45) is 0 Å². The summed E-state index contributed by atoms with van der Waals surface area (Å²) in [5.41, 5.74) is 3.71. The van der Waals surface area contributed by atoms with E-state index >= 15 is 0 Å². The summed E-state index contributed by atoms with van der Waals surface area (Å²) in [6, 6.07) is 15.6.